The van der Waals surface area contributed by atoms with Crippen molar-refractivity contribution in [2.45, 2.75) is 33.0 Å². The summed E-state index contributed by atoms with van der Waals surface area (Å²) in [5.74, 6) is 0. The first-order chi connectivity index (χ1) is 9.21. The highest BCUT2D eigenvalue weighted by Crippen LogP contribution is 2.35. The highest BCUT2D eigenvalue weighted by atomic mass is 19.4. The van der Waals surface area contributed by atoms with Crippen molar-refractivity contribution < 1.29 is 13.2 Å². The molecule has 3 nitrogen and oxygen atoms in total. The van der Waals surface area contributed by atoms with Gasteiger partial charge in [-0.1, -0.05) is 6.07 Å². The molecule has 0 spiro atoms. The maximum Gasteiger partial charge on any atom is 0.433 e. The van der Waals surface area contributed by atoms with Crippen molar-refractivity contribution in [2.75, 3.05) is 0 Å². The van der Waals surface area contributed by atoms with Crippen LogP contribution in [0.1, 0.15) is 35.3 Å². The quantitative estimate of drug-likeness (QED) is 0.916. The van der Waals surface area contributed by atoms with Crippen LogP contribution in [0.4, 0.5) is 13.2 Å². The fourth-order valence-corrected chi connectivity index (χ4v) is 2.03. The monoisotopic (exact) mass is 283 g/mol. The van der Waals surface area contributed by atoms with E-state index in [0.29, 0.717) is 5.69 Å². The Balaban J connectivity index is 2.65. The number of nitrogens with two attached hydrogens (primary N) is 1. The van der Waals surface area contributed by atoms with E-state index in [2.05, 4.69) is 5.10 Å². The van der Waals surface area contributed by atoms with Crippen molar-refractivity contribution in [3.8, 4) is 5.69 Å². The number of hydrogen-bond acceptors (Lipinski definition) is 2. The third-order valence-corrected chi connectivity index (χ3v) is 3.29. The van der Waals surface area contributed by atoms with Crippen LogP contribution in [0.5, 0.6) is 0 Å². The molecule has 0 fully saturated rings. The van der Waals surface area contributed by atoms with Crippen molar-refractivity contribution in [1.29, 1.82) is 0 Å². The Kier molecular flexibility index (Phi) is 3.60. The summed E-state index contributed by atoms with van der Waals surface area (Å²) >= 11 is 0. The van der Waals surface area contributed by atoms with Crippen LogP contribution in [0.15, 0.2) is 24.4 Å². The zero-order valence-corrected chi connectivity index (χ0v) is 11.5. The maximum atomic E-state index is 13.3. The van der Waals surface area contributed by atoms with Crippen molar-refractivity contribution >= 4 is 0 Å². The van der Waals surface area contributed by atoms with Gasteiger partial charge in [-0.15, -0.1) is 0 Å². The Morgan fingerprint density at radius 2 is 1.85 bits per heavy atom. The van der Waals surface area contributed by atoms with Crippen molar-refractivity contribution in [3.63, 3.8) is 0 Å². The lowest BCUT2D eigenvalue weighted by Gasteiger charge is -2.15. The molecule has 0 aliphatic heterocycles. The van der Waals surface area contributed by atoms with Gasteiger partial charge in [-0.3, -0.25) is 0 Å². The van der Waals surface area contributed by atoms with Gasteiger partial charge < -0.3 is 5.73 Å². The molecule has 1 aromatic carbocycles. The predicted molar refractivity (Wildman–Crippen MR) is 70.6 cm³/mol. The van der Waals surface area contributed by atoms with Gasteiger partial charge in [0.25, 0.3) is 0 Å². The fraction of sp³-hybridized carbons (Fsp3) is 0.357. The van der Waals surface area contributed by atoms with E-state index < -0.39 is 17.9 Å². The van der Waals surface area contributed by atoms with Crippen LogP contribution in [0.3, 0.4) is 0 Å². The van der Waals surface area contributed by atoms with Gasteiger partial charge in [0.15, 0.2) is 5.69 Å². The summed E-state index contributed by atoms with van der Waals surface area (Å²) in [5, 5.41) is 3.86. The third kappa shape index (κ3) is 2.56. The van der Waals surface area contributed by atoms with Gasteiger partial charge >= 0.3 is 6.18 Å². The second kappa shape index (κ2) is 4.94. The second-order valence-corrected chi connectivity index (χ2v) is 4.92. The first-order valence-electron chi connectivity index (χ1n) is 6.20. The standard InChI is InChI=1S/C14H16F3N3/c1-8-4-5-11(6-9(8)2)20-13(14(15,16)17)12(7-19-20)10(3)18/h4-7,10H,18H2,1-3H3. The minimum Gasteiger partial charge on any atom is -0.324 e. The van der Waals surface area contributed by atoms with Crippen molar-refractivity contribution in [2.24, 2.45) is 5.73 Å². The van der Waals surface area contributed by atoms with E-state index in [0.717, 1.165) is 15.8 Å². The van der Waals surface area contributed by atoms with Gasteiger partial charge in [-0.25, -0.2) is 4.68 Å². The molecule has 0 radical (unpaired) electrons. The summed E-state index contributed by atoms with van der Waals surface area (Å²) in [6, 6.07) is 4.35. The largest absolute Gasteiger partial charge is 0.433 e. The normalized spacial score (nSPS) is 13.6. The Morgan fingerprint density at radius 3 is 2.35 bits per heavy atom. The van der Waals surface area contributed by atoms with Crippen LogP contribution in [0.2, 0.25) is 0 Å². The molecule has 1 heterocycles. The molecule has 2 rings (SSSR count). The lowest BCUT2D eigenvalue weighted by Crippen LogP contribution is -2.18. The molecule has 0 saturated heterocycles. The molecule has 2 N–H and O–H groups in total. The molecular weight excluding hydrogens is 267 g/mol. The van der Waals surface area contributed by atoms with Crippen LogP contribution < -0.4 is 5.73 Å². The summed E-state index contributed by atoms with van der Waals surface area (Å²) in [6.45, 7) is 5.26. The topological polar surface area (TPSA) is 43.8 Å². The summed E-state index contributed by atoms with van der Waals surface area (Å²) in [5.41, 5.74) is 7.10. The summed E-state index contributed by atoms with van der Waals surface area (Å²) < 4.78 is 40.7. The number of nitrogens with zero attached hydrogens (tertiary/aromatic N) is 2. The van der Waals surface area contributed by atoms with Crippen LogP contribution >= 0.6 is 0 Å². The van der Waals surface area contributed by atoms with Crippen LogP contribution in [0, 0.1) is 13.8 Å². The molecular formula is C14H16F3N3. The zero-order valence-electron chi connectivity index (χ0n) is 11.5. The Morgan fingerprint density at radius 1 is 1.20 bits per heavy atom. The maximum absolute atomic E-state index is 13.3. The van der Waals surface area contributed by atoms with E-state index >= 15 is 0 Å². The Bertz CT molecular complexity index is 627. The molecule has 1 unspecified atom stereocenters. The number of alkyl halides is 3. The van der Waals surface area contributed by atoms with Gasteiger partial charge in [0.1, 0.15) is 0 Å². The average Bonchev–Trinajstić information content (AvgIpc) is 2.77. The summed E-state index contributed by atoms with van der Waals surface area (Å²) in [6.07, 6.45) is -3.32. The predicted octanol–water partition coefficient (Wildman–Crippen LogP) is 3.53. The summed E-state index contributed by atoms with van der Waals surface area (Å²) in [4.78, 5) is 0. The van der Waals surface area contributed by atoms with Gasteiger partial charge in [-0.2, -0.15) is 18.3 Å². The molecule has 0 aliphatic carbocycles. The Hall–Kier alpha value is -1.82. The highest BCUT2D eigenvalue weighted by Gasteiger charge is 2.39. The van der Waals surface area contributed by atoms with E-state index in [1.54, 1.807) is 18.2 Å². The zero-order chi connectivity index (χ0) is 15.1. The highest BCUT2D eigenvalue weighted by molar-refractivity contribution is 5.42. The average molecular weight is 283 g/mol. The molecule has 0 amide bonds. The lowest BCUT2D eigenvalue weighted by atomic mass is 10.1. The van der Waals surface area contributed by atoms with Gasteiger partial charge in [0.2, 0.25) is 0 Å². The molecule has 1 atom stereocenters. The number of hydrogen-bond donors (Lipinski definition) is 1. The van der Waals surface area contributed by atoms with E-state index in [-0.39, 0.29) is 5.56 Å². The smallest absolute Gasteiger partial charge is 0.324 e. The number of benzene rings is 1. The SMILES string of the molecule is Cc1ccc(-n2ncc(C(C)N)c2C(F)(F)F)cc1C. The van der Waals surface area contributed by atoms with E-state index in [1.165, 1.54) is 13.1 Å². The first kappa shape index (κ1) is 14.6. The van der Waals surface area contributed by atoms with E-state index in [4.69, 9.17) is 5.73 Å². The Labute approximate surface area is 115 Å². The van der Waals surface area contributed by atoms with Crippen LogP contribution in [-0.2, 0) is 6.18 Å². The molecule has 1 aromatic heterocycles. The number of aromatic nitrogens is 2. The van der Waals surface area contributed by atoms with Gasteiger partial charge in [0, 0.05) is 11.6 Å². The molecule has 0 aliphatic rings. The molecule has 0 bridgehead atoms. The molecule has 0 saturated carbocycles. The molecule has 20 heavy (non-hydrogen) atoms. The van der Waals surface area contributed by atoms with E-state index in [1.807, 2.05) is 13.8 Å². The minimum absolute atomic E-state index is 0.00396. The minimum atomic E-state index is -4.50. The van der Waals surface area contributed by atoms with Gasteiger partial charge in [-0.05, 0) is 44.0 Å². The van der Waals surface area contributed by atoms with Crippen molar-refractivity contribution in [1.82, 2.24) is 9.78 Å². The number of rotatable bonds is 2. The van der Waals surface area contributed by atoms with Gasteiger partial charge in [0.05, 0.1) is 11.9 Å². The lowest BCUT2D eigenvalue weighted by molar-refractivity contribution is -0.143. The first-order valence-corrected chi connectivity index (χ1v) is 6.20. The fourth-order valence-electron chi connectivity index (χ4n) is 2.03. The second-order valence-electron chi connectivity index (χ2n) is 4.92. The summed E-state index contributed by atoms with van der Waals surface area (Å²) in [7, 11) is 0. The molecule has 6 heteroatoms. The third-order valence-electron chi connectivity index (χ3n) is 3.29. The molecule has 108 valence electrons. The van der Waals surface area contributed by atoms with Crippen LogP contribution in [0.25, 0.3) is 5.69 Å². The van der Waals surface area contributed by atoms with E-state index in [9.17, 15) is 13.2 Å². The van der Waals surface area contributed by atoms with Crippen molar-refractivity contribution in [3.05, 3.63) is 46.8 Å². The number of halogens is 3. The van der Waals surface area contributed by atoms with Crippen LogP contribution in [-0.4, -0.2) is 9.78 Å². The number of aryl methyl sites for hydroxylation is 2. The molecule has 2 aromatic rings.